The molecule has 0 radical (unpaired) electrons. The highest BCUT2D eigenvalue weighted by molar-refractivity contribution is 8.16. The summed E-state index contributed by atoms with van der Waals surface area (Å²) in [5.41, 5.74) is 0.679. The van der Waals surface area contributed by atoms with E-state index in [1.807, 2.05) is 0 Å². The Morgan fingerprint density at radius 3 is 2.48 bits per heavy atom. The second-order valence-electron chi connectivity index (χ2n) is 4.46. The van der Waals surface area contributed by atoms with Crippen molar-refractivity contribution in [3.8, 4) is 5.75 Å². The van der Waals surface area contributed by atoms with Gasteiger partial charge in [0.15, 0.2) is 0 Å². The predicted octanol–water partition coefficient (Wildman–Crippen LogP) is 3.25. The van der Waals surface area contributed by atoms with Crippen LogP contribution in [0.2, 0.25) is 0 Å². The van der Waals surface area contributed by atoms with E-state index in [4.69, 9.17) is 20.2 Å². The summed E-state index contributed by atoms with van der Waals surface area (Å²) in [5, 5.41) is 0. The molecule has 7 heteroatoms. The number of ether oxygens (including phenoxy) is 2. The van der Waals surface area contributed by atoms with Crippen LogP contribution in [-0.2, 0) is 13.8 Å². The van der Waals surface area contributed by atoms with Crippen LogP contribution in [-0.4, -0.2) is 28.5 Å². The molecule has 4 nitrogen and oxygen atoms in total. The number of halogens is 2. The van der Waals surface area contributed by atoms with Gasteiger partial charge in [-0.15, -0.1) is 0 Å². The van der Waals surface area contributed by atoms with Gasteiger partial charge in [0.05, 0.1) is 12.0 Å². The zero-order chi connectivity index (χ0) is 15.7. The molecule has 0 saturated carbocycles. The van der Waals surface area contributed by atoms with Gasteiger partial charge in [-0.05, 0) is 12.1 Å². The molecule has 0 aliphatic heterocycles. The minimum absolute atomic E-state index is 0.187. The molecule has 0 N–H and O–H groups in total. The molecule has 21 heavy (non-hydrogen) atoms. The molecule has 1 aromatic carbocycles. The van der Waals surface area contributed by atoms with Crippen molar-refractivity contribution in [2.75, 3.05) is 14.2 Å². The van der Waals surface area contributed by atoms with Gasteiger partial charge in [0.25, 0.3) is 9.05 Å². The first-order valence-electron chi connectivity index (χ1n) is 6.05. The fraction of sp³-hybridized carbons (Fsp3) is 0.286. The Labute approximate surface area is 127 Å². The normalized spacial score (nSPS) is 22.5. The third-order valence-corrected chi connectivity index (χ3v) is 4.77. The van der Waals surface area contributed by atoms with Crippen LogP contribution in [0.3, 0.4) is 0 Å². The highest BCUT2D eigenvalue weighted by atomic mass is 35.7. The lowest BCUT2D eigenvalue weighted by molar-refractivity contribution is -0.0681. The first kappa shape index (κ1) is 16.0. The number of rotatable bonds is 4. The first-order chi connectivity index (χ1) is 9.81. The number of methoxy groups -OCH3 is 2. The minimum atomic E-state index is -3.99. The summed E-state index contributed by atoms with van der Waals surface area (Å²) in [6.45, 7) is 0. The van der Waals surface area contributed by atoms with Crippen LogP contribution in [0, 0.1) is 0 Å². The summed E-state index contributed by atoms with van der Waals surface area (Å²) in [6, 6.07) is 6.84. The van der Waals surface area contributed by atoms with Gasteiger partial charge < -0.3 is 9.47 Å². The summed E-state index contributed by atoms with van der Waals surface area (Å²) in [6.07, 6.45) is 2.14. The molecule has 1 unspecified atom stereocenters. The first-order valence-corrected chi connectivity index (χ1v) is 8.36. The van der Waals surface area contributed by atoms with Gasteiger partial charge in [0.2, 0.25) is 5.85 Å². The van der Waals surface area contributed by atoms with Crippen LogP contribution in [0.1, 0.15) is 12.0 Å². The largest absolute Gasteiger partial charge is 0.496 e. The van der Waals surface area contributed by atoms with E-state index in [-0.39, 0.29) is 10.5 Å². The number of para-hydroxylation sites is 1. The van der Waals surface area contributed by atoms with E-state index in [2.05, 4.69) is 0 Å². The number of allylic oxidation sites excluding steroid dienone is 2. The van der Waals surface area contributed by atoms with Crippen molar-refractivity contribution < 1.29 is 22.3 Å². The second kappa shape index (κ2) is 5.79. The average molecular weight is 333 g/mol. The summed E-state index contributed by atoms with van der Waals surface area (Å²) in [7, 11) is 3.93. The molecule has 0 amide bonds. The molecule has 2 rings (SSSR count). The smallest absolute Gasteiger partial charge is 0.257 e. The average Bonchev–Trinajstić information content (AvgIpc) is 2.46. The third-order valence-electron chi connectivity index (χ3n) is 3.27. The lowest BCUT2D eigenvalue weighted by Crippen LogP contribution is -2.31. The Kier molecular flexibility index (Phi) is 4.41. The molecule has 0 heterocycles. The lowest BCUT2D eigenvalue weighted by Gasteiger charge is -2.30. The zero-order valence-corrected chi connectivity index (χ0v) is 13.0. The van der Waals surface area contributed by atoms with E-state index in [0.29, 0.717) is 11.3 Å². The van der Waals surface area contributed by atoms with Crippen molar-refractivity contribution in [3.63, 3.8) is 0 Å². The number of hydrogen-bond donors (Lipinski definition) is 0. The van der Waals surface area contributed by atoms with Crippen molar-refractivity contribution in [1.29, 1.82) is 0 Å². The quantitative estimate of drug-likeness (QED) is 0.794. The van der Waals surface area contributed by atoms with Gasteiger partial charge in [0, 0.05) is 35.3 Å². The van der Waals surface area contributed by atoms with E-state index in [0.717, 1.165) is 0 Å². The third kappa shape index (κ3) is 3.12. The fourth-order valence-corrected chi connectivity index (χ4v) is 3.09. The summed E-state index contributed by atoms with van der Waals surface area (Å²) < 4.78 is 47.9. The fourth-order valence-electron chi connectivity index (χ4n) is 2.19. The summed E-state index contributed by atoms with van der Waals surface area (Å²) in [5.74, 6) is -1.82. The van der Waals surface area contributed by atoms with Gasteiger partial charge in [-0.25, -0.2) is 12.8 Å². The van der Waals surface area contributed by atoms with Crippen molar-refractivity contribution in [3.05, 3.63) is 46.9 Å². The molecule has 1 aromatic rings. The molecule has 1 aliphatic rings. The van der Waals surface area contributed by atoms with Crippen molar-refractivity contribution in [2.45, 2.75) is 12.3 Å². The standard InChI is InChI=1S/C14H14ClFO4S/c1-19-13-6-4-3-5-11(13)12-8-7-10(21(15,17)18)9-14(12,16)20-2/h3-8H,9H2,1-2H3. The van der Waals surface area contributed by atoms with Crippen LogP contribution in [0.4, 0.5) is 4.39 Å². The Balaban J connectivity index is 2.60. The molecule has 1 atom stereocenters. The number of benzene rings is 1. The molecule has 0 bridgehead atoms. The molecular weight excluding hydrogens is 319 g/mol. The van der Waals surface area contributed by atoms with Crippen LogP contribution < -0.4 is 4.74 Å². The molecule has 1 aliphatic carbocycles. The topological polar surface area (TPSA) is 52.6 Å². The highest BCUT2D eigenvalue weighted by Gasteiger charge is 2.41. The Hall–Kier alpha value is -1.37. The van der Waals surface area contributed by atoms with Gasteiger partial charge >= 0.3 is 0 Å². The Morgan fingerprint density at radius 1 is 1.24 bits per heavy atom. The van der Waals surface area contributed by atoms with E-state index in [1.54, 1.807) is 24.3 Å². The molecular formula is C14H14ClFO4S. The van der Waals surface area contributed by atoms with E-state index in [1.165, 1.54) is 26.4 Å². The molecule has 0 aromatic heterocycles. The molecule has 0 saturated heterocycles. The molecule has 114 valence electrons. The van der Waals surface area contributed by atoms with Crippen molar-refractivity contribution in [2.24, 2.45) is 0 Å². The monoisotopic (exact) mass is 332 g/mol. The van der Waals surface area contributed by atoms with E-state index in [9.17, 15) is 8.42 Å². The maximum absolute atomic E-state index is 15.0. The highest BCUT2D eigenvalue weighted by Crippen LogP contribution is 2.44. The van der Waals surface area contributed by atoms with Crippen molar-refractivity contribution >= 4 is 25.3 Å². The summed E-state index contributed by atoms with van der Waals surface area (Å²) in [4.78, 5) is -0.229. The van der Waals surface area contributed by atoms with E-state index < -0.39 is 21.3 Å². The minimum Gasteiger partial charge on any atom is -0.496 e. The number of hydrogen-bond acceptors (Lipinski definition) is 4. The van der Waals surface area contributed by atoms with Gasteiger partial charge in [-0.1, -0.05) is 24.3 Å². The Bertz CT molecular complexity index is 711. The maximum Gasteiger partial charge on any atom is 0.257 e. The summed E-state index contributed by atoms with van der Waals surface area (Å²) >= 11 is 0. The number of alkyl halides is 1. The molecule has 0 fully saturated rings. The maximum atomic E-state index is 15.0. The lowest BCUT2D eigenvalue weighted by atomic mass is 9.91. The SMILES string of the molecule is COc1ccccc1C1=CC=C(S(=O)(=O)Cl)CC1(F)OC. The zero-order valence-electron chi connectivity index (χ0n) is 11.5. The Morgan fingerprint density at radius 2 is 1.90 bits per heavy atom. The van der Waals surface area contributed by atoms with Gasteiger partial charge in [0.1, 0.15) is 5.75 Å². The van der Waals surface area contributed by atoms with Gasteiger partial charge in [-0.2, -0.15) is 0 Å². The van der Waals surface area contributed by atoms with E-state index >= 15 is 4.39 Å². The van der Waals surface area contributed by atoms with Crippen LogP contribution in [0.5, 0.6) is 5.75 Å². The van der Waals surface area contributed by atoms with Crippen molar-refractivity contribution in [1.82, 2.24) is 0 Å². The van der Waals surface area contributed by atoms with Crippen LogP contribution >= 0.6 is 10.7 Å². The van der Waals surface area contributed by atoms with Crippen LogP contribution in [0.15, 0.2) is 41.3 Å². The van der Waals surface area contributed by atoms with Gasteiger partial charge in [-0.3, -0.25) is 0 Å². The molecule has 0 spiro atoms. The van der Waals surface area contributed by atoms with Crippen LogP contribution in [0.25, 0.3) is 5.57 Å². The second-order valence-corrected chi connectivity index (χ2v) is 7.08. The predicted molar refractivity (Wildman–Crippen MR) is 79.3 cm³/mol.